The first-order valence-electron chi connectivity index (χ1n) is 7.87. The molecule has 1 aliphatic rings. The lowest BCUT2D eigenvalue weighted by atomic mass is 10.1. The summed E-state index contributed by atoms with van der Waals surface area (Å²) in [5, 5.41) is 5.67. The SMILES string of the molecule is COc1ccc(OC)c([C@@H]2OC(c3ccc(C)cc3)=NN2C(C)=O)c1. The van der Waals surface area contributed by atoms with Gasteiger partial charge in [0, 0.05) is 12.5 Å². The lowest BCUT2D eigenvalue weighted by molar-refractivity contribution is -0.135. The lowest BCUT2D eigenvalue weighted by Crippen LogP contribution is -2.25. The van der Waals surface area contributed by atoms with Gasteiger partial charge in [0.15, 0.2) is 0 Å². The van der Waals surface area contributed by atoms with E-state index in [-0.39, 0.29) is 5.91 Å². The van der Waals surface area contributed by atoms with Crippen LogP contribution in [0.15, 0.2) is 47.6 Å². The average Bonchev–Trinajstić information content (AvgIpc) is 3.07. The van der Waals surface area contributed by atoms with Crippen LogP contribution in [0.5, 0.6) is 11.5 Å². The van der Waals surface area contributed by atoms with Gasteiger partial charge in [0.05, 0.1) is 19.8 Å². The molecule has 1 heterocycles. The number of hydrogen-bond acceptors (Lipinski definition) is 5. The number of benzene rings is 2. The lowest BCUT2D eigenvalue weighted by Gasteiger charge is -2.21. The molecule has 25 heavy (non-hydrogen) atoms. The molecule has 1 aliphatic heterocycles. The number of hydrogen-bond donors (Lipinski definition) is 0. The Morgan fingerprint density at radius 3 is 2.44 bits per heavy atom. The first kappa shape index (κ1) is 16.8. The number of hydrazone groups is 1. The van der Waals surface area contributed by atoms with Crippen LogP contribution in [0.4, 0.5) is 0 Å². The number of amides is 1. The monoisotopic (exact) mass is 340 g/mol. The summed E-state index contributed by atoms with van der Waals surface area (Å²) in [5.41, 5.74) is 2.61. The zero-order chi connectivity index (χ0) is 18.0. The van der Waals surface area contributed by atoms with Crippen LogP contribution in [-0.4, -0.2) is 31.0 Å². The molecule has 0 fully saturated rings. The van der Waals surface area contributed by atoms with Gasteiger partial charge in [0.1, 0.15) is 11.5 Å². The second kappa shape index (κ2) is 6.84. The molecule has 0 spiro atoms. The largest absolute Gasteiger partial charge is 0.497 e. The highest BCUT2D eigenvalue weighted by atomic mass is 16.5. The Balaban J connectivity index is 2.00. The minimum Gasteiger partial charge on any atom is -0.497 e. The molecule has 1 amide bonds. The molecule has 0 saturated carbocycles. The first-order valence-corrected chi connectivity index (χ1v) is 7.87. The van der Waals surface area contributed by atoms with Crippen molar-refractivity contribution in [2.24, 2.45) is 5.10 Å². The number of carbonyl (C=O) groups is 1. The van der Waals surface area contributed by atoms with E-state index >= 15 is 0 Å². The van der Waals surface area contributed by atoms with Gasteiger partial charge in [-0.3, -0.25) is 4.79 Å². The second-order valence-electron chi connectivity index (χ2n) is 5.71. The molecule has 6 nitrogen and oxygen atoms in total. The van der Waals surface area contributed by atoms with Gasteiger partial charge in [-0.25, -0.2) is 0 Å². The predicted molar refractivity (Wildman–Crippen MR) is 93.6 cm³/mol. The number of methoxy groups -OCH3 is 2. The quantitative estimate of drug-likeness (QED) is 0.857. The van der Waals surface area contributed by atoms with Crippen molar-refractivity contribution in [3.8, 4) is 11.5 Å². The van der Waals surface area contributed by atoms with Crippen molar-refractivity contribution in [2.45, 2.75) is 20.1 Å². The maximum Gasteiger partial charge on any atom is 0.243 e. The summed E-state index contributed by atoms with van der Waals surface area (Å²) in [6.07, 6.45) is -0.709. The van der Waals surface area contributed by atoms with Crippen LogP contribution in [0, 0.1) is 6.92 Å². The molecule has 6 heteroatoms. The van der Waals surface area contributed by atoms with E-state index in [1.165, 1.54) is 11.9 Å². The summed E-state index contributed by atoms with van der Waals surface area (Å²) in [6, 6.07) is 13.1. The normalized spacial score (nSPS) is 16.2. The van der Waals surface area contributed by atoms with Crippen molar-refractivity contribution in [3.63, 3.8) is 0 Å². The Morgan fingerprint density at radius 1 is 1.12 bits per heavy atom. The molecule has 0 bridgehead atoms. The standard InChI is InChI=1S/C19H20N2O4/c1-12-5-7-14(8-6-12)18-20-21(13(2)22)19(25-18)16-11-15(23-3)9-10-17(16)24-4/h5-11,19H,1-4H3/t19-/m0/s1. The summed E-state index contributed by atoms with van der Waals surface area (Å²) in [5.74, 6) is 1.41. The molecule has 2 aromatic rings. The van der Waals surface area contributed by atoms with Crippen LogP contribution in [0.3, 0.4) is 0 Å². The zero-order valence-electron chi connectivity index (χ0n) is 14.6. The molecule has 0 unspecified atom stereocenters. The third kappa shape index (κ3) is 3.28. The average molecular weight is 340 g/mol. The Bertz CT molecular complexity index is 815. The van der Waals surface area contributed by atoms with Gasteiger partial charge in [-0.05, 0) is 37.3 Å². The third-order valence-corrected chi connectivity index (χ3v) is 3.97. The summed E-state index contributed by atoms with van der Waals surface area (Å²) in [6.45, 7) is 3.46. The number of carbonyl (C=O) groups excluding carboxylic acids is 1. The fourth-order valence-electron chi connectivity index (χ4n) is 2.61. The summed E-state index contributed by atoms with van der Waals surface area (Å²) in [7, 11) is 3.15. The molecule has 2 aromatic carbocycles. The summed E-state index contributed by atoms with van der Waals surface area (Å²) in [4.78, 5) is 12.1. The molecule has 1 atom stereocenters. The Morgan fingerprint density at radius 2 is 1.84 bits per heavy atom. The van der Waals surface area contributed by atoms with Gasteiger partial charge < -0.3 is 14.2 Å². The van der Waals surface area contributed by atoms with Crippen molar-refractivity contribution < 1.29 is 19.0 Å². The molecule has 3 rings (SSSR count). The highest BCUT2D eigenvalue weighted by Gasteiger charge is 2.35. The highest BCUT2D eigenvalue weighted by molar-refractivity contribution is 5.96. The molecular weight excluding hydrogens is 320 g/mol. The van der Waals surface area contributed by atoms with E-state index in [0.717, 1.165) is 11.1 Å². The Hall–Kier alpha value is -3.02. The highest BCUT2D eigenvalue weighted by Crippen LogP contribution is 2.37. The molecule has 0 aliphatic carbocycles. The van der Waals surface area contributed by atoms with Crippen LogP contribution in [0.1, 0.15) is 29.8 Å². The predicted octanol–water partition coefficient (Wildman–Crippen LogP) is 3.25. The smallest absolute Gasteiger partial charge is 0.243 e. The minimum absolute atomic E-state index is 0.225. The number of aryl methyl sites for hydroxylation is 1. The zero-order valence-corrected chi connectivity index (χ0v) is 14.6. The van der Waals surface area contributed by atoms with E-state index in [2.05, 4.69) is 5.10 Å². The van der Waals surface area contributed by atoms with Crippen molar-refractivity contribution >= 4 is 11.8 Å². The van der Waals surface area contributed by atoms with Crippen molar-refractivity contribution in [1.29, 1.82) is 0 Å². The van der Waals surface area contributed by atoms with E-state index in [4.69, 9.17) is 14.2 Å². The van der Waals surface area contributed by atoms with Crippen LogP contribution >= 0.6 is 0 Å². The fraction of sp³-hybridized carbons (Fsp3) is 0.263. The maximum atomic E-state index is 12.1. The van der Waals surface area contributed by atoms with Gasteiger partial charge in [0.2, 0.25) is 18.0 Å². The summed E-state index contributed by atoms with van der Waals surface area (Å²) >= 11 is 0. The molecule has 0 saturated heterocycles. The van der Waals surface area contributed by atoms with Gasteiger partial charge in [0.25, 0.3) is 0 Å². The van der Waals surface area contributed by atoms with Crippen LogP contribution in [-0.2, 0) is 9.53 Å². The van der Waals surface area contributed by atoms with Gasteiger partial charge in [-0.2, -0.15) is 5.01 Å². The van der Waals surface area contributed by atoms with Crippen molar-refractivity contribution in [3.05, 3.63) is 59.2 Å². The van der Waals surface area contributed by atoms with Crippen LogP contribution in [0.25, 0.3) is 0 Å². The van der Waals surface area contributed by atoms with E-state index in [1.54, 1.807) is 32.4 Å². The van der Waals surface area contributed by atoms with Gasteiger partial charge >= 0.3 is 0 Å². The topological polar surface area (TPSA) is 60.4 Å². The fourth-order valence-corrected chi connectivity index (χ4v) is 2.61. The third-order valence-electron chi connectivity index (χ3n) is 3.97. The first-order chi connectivity index (χ1) is 12.0. The Kier molecular flexibility index (Phi) is 4.61. The van der Waals surface area contributed by atoms with Crippen molar-refractivity contribution in [1.82, 2.24) is 5.01 Å². The summed E-state index contributed by atoms with van der Waals surface area (Å²) < 4.78 is 16.7. The number of nitrogens with zero attached hydrogens (tertiary/aromatic N) is 2. The molecular formula is C19H20N2O4. The van der Waals surface area contributed by atoms with Gasteiger partial charge in [-0.1, -0.05) is 17.7 Å². The molecule has 130 valence electrons. The second-order valence-corrected chi connectivity index (χ2v) is 5.71. The van der Waals surface area contributed by atoms with Gasteiger partial charge in [-0.15, -0.1) is 5.10 Å². The minimum atomic E-state index is -0.709. The molecule has 0 N–H and O–H groups in total. The maximum absolute atomic E-state index is 12.1. The van der Waals surface area contributed by atoms with Crippen LogP contribution < -0.4 is 9.47 Å². The number of rotatable bonds is 4. The van der Waals surface area contributed by atoms with E-state index in [9.17, 15) is 4.79 Å². The van der Waals surface area contributed by atoms with Crippen LogP contribution in [0.2, 0.25) is 0 Å². The molecule has 0 radical (unpaired) electrons. The number of ether oxygens (including phenoxy) is 3. The van der Waals surface area contributed by atoms with E-state index in [0.29, 0.717) is 23.0 Å². The van der Waals surface area contributed by atoms with Crippen molar-refractivity contribution in [2.75, 3.05) is 14.2 Å². The van der Waals surface area contributed by atoms with E-state index < -0.39 is 6.23 Å². The van der Waals surface area contributed by atoms with E-state index in [1.807, 2.05) is 31.2 Å². The Labute approximate surface area is 146 Å². The molecule has 0 aromatic heterocycles.